The molecule has 1 aromatic carbocycles. The van der Waals surface area contributed by atoms with Crippen molar-refractivity contribution in [1.82, 2.24) is 5.32 Å². The van der Waals surface area contributed by atoms with E-state index >= 15 is 0 Å². The molecule has 0 aromatic heterocycles. The highest BCUT2D eigenvalue weighted by atomic mass is 35.5. The van der Waals surface area contributed by atoms with Crippen LogP contribution in [-0.4, -0.2) is 23.0 Å². The molecular formula is C15H20ClNO3. The number of carboxylic acids is 1. The van der Waals surface area contributed by atoms with Gasteiger partial charge in [-0.25, -0.2) is 0 Å². The van der Waals surface area contributed by atoms with Gasteiger partial charge < -0.3 is 10.4 Å². The Morgan fingerprint density at radius 1 is 1.30 bits per heavy atom. The number of rotatable bonds is 6. The fourth-order valence-electron chi connectivity index (χ4n) is 1.81. The number of carbonyl (C=O) groups is 2. The molecule has 0 radical (unpaired) electrons. The lowest BCUT2D eigenvalue weighted by atomic mass is 9.83. The van der Waals surface area contributed by atoms with Crippen LogP contribution in [-0.2, 0) is 15.0 Å². The second-order valence-corrected chi connectivity index (χ2v) is 5.88. The zero-order valence-corrected chi connectivity index (χ0v) is 12.7. The maximum atomic E-state index is 12.3. The number of halogens is 1. The molecule has 1 aromatic rings. The smallest absolute Gasteiger partial charge is 0.303 e. The van der Waals surface area contributed by atoms with Gasteiger partial charge in [0.25, 0.3) is 0 Å². The molecule has 1 rings (SSSR count). The number of nitrogens with one attached hydrogen (secondary N) is 1. The monoisotopic (exact) mass is 297 g/mol. The van der Waals surface area contributed by atoms with Gasteiger partial charge >= 0.3 is 5.97 Å². The van der Waals surface area contributed by atoms with Gasteiger partial charge in [0.2, 0.25) is 5.91 Å². The Morgan fingerprint density at radius 2 is 1.85 bits per heavy atom. The highest BCUT2D eigenvalue weighted by molar-refractivity contribution is 6.30. The lowest BCUT2D eigenvalue weighted by molar-refractivity contribution is -0.137. The molecule has 4 nitrogen and oxygen atoms in total. The number of hydrogen-bond acceptors (Lipinski definition) is 2. The van der Waals surface area contributed by atoms with Gasteiger partial charge in [-0.1, -0.05) is 23.7 Å². The zero-order chi connectivity index (χ0) is 15.3. The number of hydrogen-bond donors (Lipinski definition) is 2. The third-order valence-corrected chi connectivity index (χ3v) is 3.55. The summed E-state index contributed by atoms with van der Waals surface area (Å²) in [6.45, 7) is 5.46. The lowest BCUT2D eigenvalue weighted by Crippen LogP contribution is -2.44. The van der Waals surface area contributed by atoms with Crippen molar-refractivity contribution in [3.63, 3.8) is 0 Å². The van der Waals surface area contributed by atoms with E-state index in [0.717, 1.165) is 5.56 Å². The number of amides is 1. The molecule has 0 bridgehead atoms. The van der Waals surface area contributed by atoms with Crippen LogP contribution in [0.3, 0.4) is 0 Å². The molecule has 0 heterocycles. The van der Waals surface area contributed by atoms with E-state index in [4.69, 9.17) is 16.7 Å². The van der Waals surface area contributed by atoms with Crippen LogP contribution in [0.1, 0.15) is 39.2 Å². The van der Waals surface area contributed by atoms with Crippen molar-refractivity contribution >= 4 is 23.5 Å². The van der Waals surface area contributed by atoms with E-state index < -0.39 is 11.4 Å². The number of aliphatic carboxylic acids is 1. The summed E-state index contributed by atoms with van der Waals surface area (Å²) in [5.41, 5.74) is 0.173. The van der Waals surface area contributed by atoms with Crippen LogP contribution in [0.15, 0.2) is 24.3 Å². The molecule has 0 aliphatic heterocycles. The van der Waals surface area contributed by atoms with Crippen LogP contribution in [0.25, 0.3) is 0 Å². The SMILES string of the molecule is CC(CCC(=O)O)NC(=O)C(C)(C)c1ccc(Cl)cc1. The Labute approximate surface area is 124 Å². The summed E-state index contributed by atoms with van der Waals surface area (Å²) in [6.07, 6.45) is 0.459. The highest BCUT2D eigenvalue weighted by Gasteiger charge is 2.30. The van der Waals surface area contributed by atoms with Gasteiger partial charge in [0.05, 0.1) is 5.41 Å². The van der Waals surface area contributed by atoms with Crippen LogP contribution >= 0.6 is 11.6 Å². The Bertz CT molecular complexity index is 482. The molecule has 110 valence electrons. The minimum atomic E-state index is -0.858. The van der Waals surface area contributed by atoms with Crippen LogP contribution in [0.2, 0.25) is 5.02 Å². The van der Waals surface area contributed by atoms with Crippen LogP contribution in [0.4, 0.5) is 0 Å². The molecule has 0 saturated carbocycles. The molecule has 5 heteroatoms. The summed E-state index contributed by atoms with van der Waals surface area (Å²) in [5, 5.41) is 12.1. The molecule has 0 fully saturated rings. The normalized spacial score (nSPS) is 12.8. The maximum absolute atomic E-state index is 12.3. The van der Waals surface area contributed by atoms with Gasteiger partial charge in [-0.05, 0) is 44.9 Å². The summed E-state index contributed by atoms with van der Waals surface area (Å²) >= 11 is 5.84. The average molecular weight is 298 g/mol. The average Bonchev–Trinajstić information content (AvgIpc) is 2.36. The fraction of sp³-hybridized carbons (Fsp3) is 0.467. The summed E-state index contributed by atoms with van der Waals surface area (Å²) in [6, 6.07) is 6.97. The summed E-state index contributed by atoms with van der Waals surface area (Å²) in [7, 11) is 0. The van der Waals surface area contributed by atoms with Crippen molar-refractivity contribution in [2.45, 2.75) is 45.1 Å². The summed E-state index contributed by atoms with van der Waals surface area (Å²) < 4.78 is 0. The van der Waals surface area contributed by atoms with Gasteiger partial charge in [0.1, 0.15) is 0 Å². The Morgan fingerprint density at radius 3 is 2.35 bits per heavy atom. The fourth-order valence-corrected chi connectivity index (χ4v) is 1.94. The van der Waals surface area contributed by atoms with E-state index in [-0.39, 0.29) is 18.4 Å². The second-order valence-electron chi connectivity index (χ2n) is 5.44. The van der Waals surface area contributed by atoms with Gasteiger partial charge in [-0.2, -0.15) is 0 Å². The van der Waals surface area contributed by atoms with E-state index in [2.05, 4.69) is 5.32 Å². The molecule has 0 saturated heterocycles. The first-order valence-corrected chi connectivity index (χ1v) is 6.90. The van der Waals surface area contributed by atoms with Crippen LogP contribution in [0.5, 0.6) is 0 Å². The number of benzene rings is 1. The predicted molar refractivity (Wildman–Crippen MR) is 79.0 cm³/mol. The van der Waals surface area contributed by atoms with Crippen molar-refractivity contribution in [3.8, 4) is 0 Å². The second kappa shape index (κ2) is 6.75. The highest BCUT2D eigenvalue weighted by Crippen LogP contribution is 2.25. The quantitative estimate of drug-likeness (QED) is 0.848. The van der Waals surface area contributed by atoms with Crippen molar-refractivity contribution < 1.29 is 14.7 Å². The lowest BCUT2D eigenvalue weighted by Gasteiger charge is -2.26. The van der Waals surface area contributed by atoms with Crippen molar-refractivity contribution in [3.05, 3.63) is 34.9 Å². The van der Waals surface area contributed by atoms with Crippen molar-refractivity contribution in [2.75, 3.05) is 0 Å². The van der Waals surface area contributed by atoms with Crippen molar-refractivity contribution in [2.24, 2.45) is 0 Å². The van der Waals surface area contributed by atoms with E-state index in [1.165, 1.54) is 0 Å². The molecule has 2 N–H and O–H groups in total. The molecule has 0 spiro atoms. The predicted octanol–water partition coefficient (Wildman–Crippen LogP) is 2.99. The molecule has 1 amide bonds. The first-order chi connectivity index (χ1) is 9.23. The van der Waals surface area contributed by atoms with Gasteiger partial charge in [-0.15, -0.1) is 0 Å². The van der Waals surface area contributed by atoms with Gasteiger partial charge in [0.15, 0.2) is 0 Å². The zero-order valence-electron chi connectivity index (χ0n) is 11.9. The molecule has 0 aliphatic rings. The first-order valence-electron chi connectivity index (χ1n) is 6.52. The molecule has 1 atom stereocenters. The summed E-state index contributed by atoms with van der Waals surface area (Å²) in [5.74, 6) is -0.985. The van der Waals surface area contributed by atoms with Crippen LogP contribution < -0.4 is 5.32 Å². The van der Waals surface area contributed by atoms with Gasteiger partial charge in [0, 0.05) is 17.5 Å². The molecule has 0 aliphatic carbocycles. The maximum Gasteiger partial charge on any atom is 0.303 e. The van der Waals surface area contributed by atoms with Gasteiger partial charge in [-0.3, -0.25) is 9.59 Å². The van der Waals surface area contributed by atoms with E-state index in [9.17, 15) is 9.59 Å². The first kappa shape index (κ1) is 16.5. The van der Waals surface area contributed by atoms with Crippen LogP contribution in [0, 0.1) is 0 Å². The Kier molecular flexibility index (Phi) is 5.57. The third-order valence-electron chi connectivity index (χ3n) is 3.30. The largest absolute Gasteiger partial charge is 0.481 e. The minimum absolute atomic E-state index is 0.0445. The van der Waals surface area contributed by atoms with E-state index in [0.29, 0.717) is 11.4 Å². The third kappa shape index (κ3) is 4.53. The van der Waals surface area contributed by atoms with E-state index in [1.807, 2.05) is 26.0 Å². The molecular weight excluding hydrogens is 278 g/mol. The van der Waals surface area contributed by atoms with E-state index in [1.54, 1.807) is 19.1 Å². The molecule has 1 unspecified atom stereocenters. The Hall–Kier alpha value is -1.55. The Balaban J connectivity index is 2.69. The molecule has 20 heavy (non-hydrogen) atoms. The van der Waals surface area contributed by atoms with Crippen molar-refractivity contribution in [1.29, 1.82) is 0 Å². The number of carboxylic acid groups (broad SMARTS) is 1. The standard InChI is InChI=1S/C15H20ClNO3/c1-10(4-9-13(18)19)17-14(20)15(2,3)11-5-7-12(16)8-6-11/h5-8,10H,4,9H2,1-3H3,(H,17,20)(H,18,19). The minimum Gasteiger partial charge on any atom is -0.481 e. The topological polar surface area (TPSA) is 66.4 Å². The number of carbonyl (C=O) groups excluding carboxylic acids is 1. The summed E-state index contributed by atoms with van der Waals surface area (Å²) in [4.78, 5) is 22.8.